The lowest BCUT2D eigenvalue weighted by molar-refractivity contribution is 0.521. The molecule has 1 aromatic heterocycles. The Morgan fingerprint density at radius 3 is 2.72 bits per heavy atom. The van der Waals surface area contributed by atoms with Crippen LogP contribution in [0.25, 0.3) is 0 Å². The number of aromatic nitrogens is 1. The van der Waals surface area contributed by atoms with E-state index in [0.717, 1.165) is 16.8 Å². The van der Waals surface area contributed by atoms with E-state index in [1.807, 2.05) is 12.3 Å². The molecule has 0 aliphatic heterocycles. The van der Waals surface area contributed by atoms with Crippen molar-refractivity contribution < 1.29 is 8.78 Å². The molecule has 1 aromatic carbocycles. The summed E-state index contributed by atoms with van der Waals surface area (Å²) in [5, 5.41) is 5.94. The van der Waals surface area contributed by atoms with E-state index in [1.165, 1.54) is 12.1 Å². The molecule has 0 spiro atoms. The molecule has 0 saturated carbocycles. The summed E-state index contributed by atoms with van der Waals surface area (Å²) in [5.41, 5.74) is 1.43. The van der Waals surface area contributed by atoms with Crippen LogP contribution in [0, 0.1) is 18.6 Å². The highest BCUT2D eigenvalue weighted by molar-refractivity contribution is 7.09. The van der Waals surface area contributed by atoms with Gasteiger partial charge in [-0.3, -0.25) is 0 Å². The second-order valence-electron chi connectivity index (χ2n) is 4.09. The van der Waals surface area contributed by atoms with Crippen LogP contribution in [0.3, 0.4) is 0 Å². The van der Waals surface area contributed by atoms with Gasteiger partial charge in [0.15, 0.2) is 0 Å². The van der Waals surface area contributed by atoms with Gasteiger partial charge in [-0.1, -0.05) is 6.07 Å². The molecule has 18 heavy (non-hydrogen) atoms. The minimum atomic E-state index is -0.559. The van der Waals surface area contributed by atoms with Gasteiger partial charge in [0.25, 0.3) is 0 Å². The zero-order valence-electron chi connectivity index (χ0n) is 10.2. The summed E-state index contributed by atoms with van der Waals surface area (Å²) >= 11 is 1.55. The molecule has 2 nitrogen and oxygen atoms in total. The molecule has 1 unspecified atom stereocenters. The van der Waals surface area contributed by atoms with Crippen molar-refractivity contribution in [3.05, 3.63) is 51.5 Å². The number of benzene rings is 1. The van der Waals surface area contributed by atoms with Gasteiger partial charge in [-0.2, -0.15) is 0 Å². The van der Waals surface area contributed by atoms with Crippen molar-refractivity contribution >= 4 is 11.3 Å². The summed E-state index contributed by atoms with van der Waals surface area (Å²) in [6, 6.07) is 3.46. The van der Waals surface area contributed by atoms with Crippen LogP contribution in [0.4, 0.5) is 8.78 Å². The Hall–Kier alpha value is -1.33. The van der Waals surface area contributed by atoms with Crippen molar-refractivity contribution in [1.82, 2.24) is 10.3 Å². The number of hydrogen-bond acceptors (Lipinski definition) is 3. The van der Waals surface area contributed by atoms with E-state index in [0.29, 0.717) is 12.0 Å². The van der Waals surface area contributed by atoms with Crippen LogP contribution in [-0.2, 0) is 6.42 Å². The number of hydrogen-bond donors (Lipinski definition) is 1. The molecule has 2 rings (SSSR count). The van der Waals surface area contributed by atoms with E-state index in [4.69, 9.17) is 0 Å². The van der Waals surface area contributed by atoms with Gasteiger partial charge >= 0.3 is 0 Å². The lowest BCUT2D eigenvalue weighted by atomic mass is 10.0. The lowest BCUT2D eigenvalue weighted by Crippen LogP contribution is -2.20. The van der Waals surface area contributed by atoms with Crippen molar-refractivity contribution in [2.24, 2.45) is 0 Å². The first-order valence-electron chi connectivity index (χ1n) is 5.63. The molecule has 1 atom stereocenters. The van der Waals surface area contributed by atoms with Gasteiger partial charge in [0, 0.05) is 35.2 Å². The summed E-state index contributed by atoms with van der Waals surface area (Å²) < 4.78 is 26.6. The SMILES string of the molecule is CNC(Cc1nc(C)cs1)c1ccc(F)cc1F. The number of nitrogens with one attached hydrogen (secondary N) is 1. The van der Waals surface area contributed by atoms with Crippen LogP contribution in [0.2, 0.25) is 0 Å². The molecule has 0 saturated heterocycles. The fraction of sp³-hybridized carbons (Fsp3) is 0.308. The number of nitrogens with zero attached hydrogens (tertiary/aromatic N) is 1. The second-order valence-corrected chi connectivity index (χ2v) is 5.04. The topological polar surface area (TPSA) is 24.9 Å². The zero-order valence-corrected chi connectivity index (χ0v) is 11.0. The van der Waals surface area contributed by atoms with Gasteiger partial charge in [0.2, 0.25) is 0 Å². The van der Waals surface area contributed by atoms with E-state index in [1.54, 1.807) is 18.4 Å². The smallest absolute Gasteiger partial charge is 0.130 e. The summed E-state index contributed by atoms with van der Waals surface area (Å²) in [6.45, 7) is 1.92. The van der Waals surface area contributed by atoms with Crippen molar-refractivity contribution in [3.8, 4) is 0 Å². The second kappa shape index (κ2) is 5.54. The molecule has 0 aliphatic carbocycles. The fourth-order valence-electron chi connectivity index (χ4n) is 1.82. The minimum Gasteiger partial charge on any atom is -0.313 e. The molecule has 96 valence electrons. The summed E-state index contributed by atoms with van der Waals surface area (Å²) in [4.78, 5) is 4.35. The van der Waals surface area contributed by atoms with Gasteiger partial charge in [-0.05, 0) is 20.0 Å². The maximum absolute atomic E-state index is 13.7. The molecule has 5 heteroatoms. The number of likely N-dealkylation sites (N-methyl/N-ethyl adjacent to an activating group) is 1. The van der Waals surface area contributed by atoms with E-state index in [9.17, 15) is 8.78 Å². The lowest BCUT2D eigenvalue weighted by Gasteiger charge is -2.16. The van der Waals surface area contributed by atoms with Crippen molar-refractivity contribution in [2.45, 2.75) is 19.4 Å². The molecule has 0 radical (unpaired) electrons. The van der Waals surface area contributed by atoms with Crippen LogP contribution in [0.15, 0.2) is 23.6 Å². The van der Waals surface area contributed by atoms with Crippen molar-refractivity contribution in [3.63, 3.8) is 0 Å². The number of aryl methyl sites for hydroxylation is 1. The van der Waals surface area contributed by atoms with E-state index < -0.39 is 11.6 Å². The molecule has 1 N–H and O–H groups in total. The third-order valence-corrected chi connectivity index (χ3v) is 3.72. The standard InChI is InChI=1S/C13H14F2N2S/c1-8-7-18-13(17-8)6-12(16-2)10-4-3-9(14)5-11(10)15/h3-5,7,12,16H,6H2,1-2H3. The fourth-order valence-corrected chi connectivity index (χ4v) is 2.64. The van der Waals surface area contributed by atoms with Crippen LogP contribution >= 0.6 is 11.3 Å². The summed E-state index contributed by atoms with van der Waals surface area (Å²) in [7, 11) is 1.76. The first-order valence-corrected chi connectivity index (χ1v) is 6.51. The van der Waals surface area contributed by atoms with Gasteiger partial charge in [-0.15, -0.1) is 11.3 Å². The molecule has 0 fully saturated rings. The van der Waals surface area contributed by atoms with Crippen LogP contribution in [0.5, 0.6) is 0 Å². The molecule has 0 aliphatic rings. The monoisotopic (exact) mass is 268 g/mol. The highest BCUT2D eigenvalue weighted by atomic mass is 32.1. The Kier molecular flexibility index (Phi) is 4.04. The van der Waals surface area contributed by atoms with E-state index in [-0.39, 0.29) is 6.04 Å². The molecular formula is C13H14F2N2S. The number of rotatable bonds is 4. The predicted molar refractivity (Wildman–Crippen MR) is 68.7 cm³/mol. The largest absolute Gasteiger partial charge is 0.313 e. The van der Waals surface area contributed by atoms with E-state index >= 15 is 0 Å². The first kappa shape index (κ1) is 13.1. The van der Waals surface area contributed by atoms with Gasteiger partial charge in [0.1, 0.15) is 11.6 Å². The number of thiazole rings is 1. The Bertz CT molecular complexity index is 540. The maximum atomic E-state index is 13.7. The molecule has 2 aromatic rings. The molecular weight excluding hydrogens is 254 g/mol. The molecule has 0 amide bonds. The average molecular weight is 268 g/mol. The highest BCUT2D eigenvalue weighted by Crippen LogP contribution is 2.23. The third kappa shape index (κ3) is 2.91. The quantitative estimate of drug-likeness (QED) is 0.921. The maximum Gasteiger partial charge on any atom is 0.130 e. The van der Waals surface area contributed by atoms with Crippen molar-refractivity contribution in [2.75, 3.05) is 7.05 Å². The average Bonchev–Trinajstić information content (AvgIpc) is 2.72. The van der Waals surface area contributed by atoms with Gasteiger partial charge in [0.05, 0.1) is 5.01 Å². The van der Waals surface area contributed by atoms with Gasteiger partial charge < -0.3 is 5.32 Å². The van der Waals surface area contributed by atoms with Crippen LogP contribution < -0.4 is 5.32 Å². The zero-order chi connectivity index (χ0) is 13.1. The Balaban J connectivity index is 2.22. The van der Waals surface area contributed by atoms with Crippen molar-refractivity contribution in [1.29, 1.82) is 0 Å². The van der Waals surface area contributed by atoms with Crippen LogP contribution in [0.1, 0.15) is 22.3 Å². The predicted octanol–water partition coefficient (Wildman–Crippen LogP) is 3.23. The highest BCUT2D eigenvalue weighted by Gasteiger charge is 2.16. The molecule has 0 bridgehead atoms. The summed E-state index contributed by atoms with van der Waals surface area (Å²) in [5.74, 6) is -1.08. The normalized spacial score (nSPS) is 12.7. The Labute approximate surface area is 109 Å². The summed E-state index contributed by atoms with van der Waals surface area (Å²) in [6.07, 6.45) is 0.595. The number of halogens is 2. The van der Waals surface area contributed by atoms with E-state index in [2.05, 4.69) is 10.3 Å². The van der Waals surface area contributed by atoms with Crippen LogP contribution in [-0.4, -0.2) is 12.0 Å². The first-order chi connectivity index (χ1) is 8.60. The van der Waals surface area contributed by atoms with Gasteiger partial charge in [-0.25, -0.2) is 13.8 Å². The minimum absolute atomic E-state index is 0.198. The third-order valence-electron chi connectivity index (χ3n) is 2.73. The molecule has 1 heterocycles. The Morgan fingerprint density at radius 2 is 2.17 bits per heavy atom. The Morgan fingerprint density at radius 1 is 1.39 bits per heavy atom.